The van der Waals surface area contributed by atoms with Gasteiger partial charge in [-0.3, -0.25) is 4.79 Å². The lowest BCUT2D eigenvalue weighted by molar-refractivity contribution is -0.119. The number of anilines is 1. The summed E-state index contributed by atoms with van der Waals surface area (Å²) in [7, 11) is 0. The van der Waals surface area contributed by atoms with E-state index in [0.29, 0.717) is 11.4 Å². The minimum atomic E-state index is 0.0569. The summed E-state index contributed by atoms with van der Waals surface area (Å²) < 4.78 is 1.33. The zero-order valence-corrected chi connectivity index (χ0v) is 15.0. The summed E-state index contributed by atoms with van der Waals surface area (Å²) in [5.41, 5.74) is 3.05. The number of amides is 1. The highest BCUT2D eigenvalue weighted by Crippen LogP contribution is 2.40. The highest BCUT2D eigenvalue weighted by Gasteiger charge is 2.34. The second-order valence-electron chi connectivity index (χ2n) is 5.76. The lowest BCUT2D eigenvalue weighted by Crippen LogP contribution is -2.37. The van der Waals surface area contributed by atoms with Gasteiger partial charge in [-0.1, -0.05) is 11.6 Å². The molecule has 0 fully saturated rings. The Hall–Kier alpha value is -1.30. The van der Waals surface area contributed by atoms with Gasteiger partial charge in [0.05, 0.1) is 15.6 Å². The first kappa shape index (κ1) is 15.2. The number of rotatable bonds is 1. The van der Waals surface area contributed by atoms with Crippen molar-refractivity contribution in [1.82, 2.24) is 0 Å². The van der Waals surface area contributed by atoms with E-state index in [1.54, 1.807) is 12.1 Å². The van der Waals surface area contributed by atoms with Crippen LogP contribution in [0.2, 0.25) is 5.02 Å². The van der Waals surface area contributed by atoms with Crippen molar-refractivity contribution in [2.75, 3.05) is 10.8 Å². The molecule has 0 spiro atoms. The van der Waals surface area contributed by atoms with E-state index in [1.165, 1.54) is 19.7 Å². The molecule has 2 aliphatic rings. The first-order valence-electron chi connectivity index (χ1n) is 7.52. The highest BCUT2D eigenvalue weighted by atomic mass is 35.5. The van der Waals surface area contributed by atoms with Gasteiger partial charge in [0.1, 0.15) is 0 Å². The normalized spacial score (nSPS) is 20.6. The zero-order valence-electron chi connectivity index (χ0n) is 12.6. The molecule has 23 heavy (non-hydrogen) atoms. The van der Waals surface area contributed by atoms with Gasteiger partial charge in [-0.15, -0.1) is 23.1 Å². The fourth-order valence-electron chi connectivity index (χ4n) is 3.01. The number of hydrogen-bond acceptors (Lipinski definition) is 4. The van der Waals surface area contributed by atoms with Gasteiger partial charge in [0, 0.05) is 27.8 Å². The van der Waals surface area contributed by atoms with Crippen LogP contribution in [0, 0.1) is 12.8 Å². The Morgan fingerprint density at radius 1 is 1.30 bits per heavy atom. The molecule has 4 rings (SSSR count). The van der Waals surface area contributed by atoms with E-state index in [-0.39, 0.29) is 11.8 Å². The summed E-state index contributed by atoms with van der Waals surface area (Å²) in [5, 5.41) is 6.94. The Morgan fingerprint density at radius 2 is 2.09 bits per heavy atom. The summed E-state index contributed by atoms with van der Waals surface area (Å²) in [6, 6.07) is 9.48. The van der Waals surface area contributed by atoms with Crippen molar-refractivity contribution in [3.63, 3.8) is 0 Å². The Bertz CT molecular complexity index is 797. The van der Waals surface area contributed by atoms with Crippen LogP contribution in [0.15, 0.2) is 39.6 Å². The highest BCUT2D eigenvalue weighted by molar-refractivity contribution is 8.01. The summed E-state index contributed by atoms with van der Waals surface area (Å²) in [5.74, 6) is 1.33. The van der Waals surface area contributed by atoms with Gasteiger partial charge in [0.2, 0.25) is 5.91 Å². The van der Waals surface area contributed by atoms with Crippen LogP contribution in [0.1, 0.15) is 23.3 Å². The lowest BCUT2D eigenvalue weighted by atomic mass is 9.91. The van der Waals surface area contributed by atoms with Crippen molar-refractivity contribution in [3.8, 4) is 0 Å². The predicted octanol–water partition coefficient (Wildman–Crippen LogP) is 4.96. The maximum absolute atomic E-state index is 12.5. The van der Waals surface area contributed by atoms with Gasteiger partial charge < -0.3 is 0 Å². The molecule has 0 saturated heterocycles. The molecule has 0 radical (unpaired) electrons. The number of thioether (sulfide) groups is 1. The Balaban J connectivity index is 1.80. The standard InChI is InChI=1S/C17H15ClN2OS2/c1-10-8-14-16-11(6-7-22-17(14)23-10)9-15(21)20(19-16)13-4-2-12(18)3-5-13/h2-5,8,11H,6-7,9H2,1H3. The molecule has 0 saturated carbocycles. The van der Waals surface area contributed by atoms with Crippen LogP contribution in [0.5, 0.6) is 0 Å². The molecule has 0 N–H and O–H groups in total. The first-order valence-corrected chi connectivity index (χ1v) is 9.70. The van der Waals surface area contributed by atoms with E-state index < -0.39 is 0 Å². The number of aryl methyl sites for hydroxylation is 1. The van der Waals surface area contributed by atoms with E-state index in [2.05, 4.69) is 13.0 Å². The molecular formula is C17H15ClN2OS2. The van der Waals surface area contributed by atoms with Gasteiger partial charge in [-0.05, 0) is 49.4 Å². The average molecular weight is 363 g/mol. The molecule has 1 unspecified atom stereocenters. The number of carbonyl (C=O) groups is 1. The van der Waals surface area contributed by atoms with Gasteiger partial charge in [0.25, 0.3) is 0 Å². The smallest absolute Gasteiger partial charge is 0.248 e. The molecule has 0 bridgehead atoms. The van der Waals surface area contributed by atoms with E-state index in [1.807, 2.05) is 35.2 Å². The molecule has 3 heterocycles. The van der Waals surface area contributed by atoms with Crippen molar-refractivity contribution in [3.05, 3.63) is 45.8 Å². The molecule has 3 nitrogen and oxygen atoms in total. The number of hydrogen-bond donors (Lipinski definition) is 0. The number of halogens is 1. The summed E-state index contributed by atoms with van der Waals surface area (Å²) in [6.45, 7) is 2.13. The fraction of sp³-hybridized carbons (Fsp3) is 0.294. The molecule has 2 aromatic rings. The fourth-order valence-corrected chi connectivity index (χ4v) is 5.66. The number of carbonyl (C=O) groups excluding carboxylic acids is 1. The maximum Gasteiger partial charge on any atom is 0.248 e. The third kappa shape index (κ3) is 2.82. The summed E-state index contributed by atoms with van der Waals surface area (Å²) in [4.78, 5) is 13.8. The van der Waals surface area contributed by atoms with Crippen molar-refractivity contribution in [2.24, 2.45) is 11.0 Å². The third-order valence-electron chi connectivity index (χ3n) is 4.12. The van der Waals surface area contributed by atoms with Crippen LogP contribution in [0.25, 0.3) is 0 Å². The van der Waals surface area contributed by atoms with Crippen LogP contribution in [-0.4, -0.2) is 17.4 Å². The number of fused-ring (bicyclic) bond motifs is 3. The molecule has 1 amide bonds. The quantitative estimate of drug-likeness (QED) is 0.718. The van der Waals surface area contributed by atoms with Crippen LogP contribution >= 0.6 is 34.7 Å². The van der Waals surface area contributed by atoms with E-state index >= 15 is 0 Å². The van der Waals surface area contributed by atoms with Crippen molar-refractivity contribution < 1.29 is 4.79 Å². The van der Waals surface area contributed by atoms with Gasteiger partial charge in [-0.25, -0.2) is 5.01 Å². The van der Waals surface area contributed by atoms with Crippen LogP contribution in [0.4, 0.5) is 5.69 Å². The van der Waals surface area contributed by atoms with E-state index in [4.69, 9.17) is 16.7 Å². The molecular weight excluding hydrogens is 348 g/mol. The largest absolute Gasteiger partial charge is 0.273 e. The Morgan fingerprint density at radius 3 is 2.87 bits per heavy atom. The number of nitrogens with zero attached hydrogens (tertiary/aromatic N) is 2. The van der Waals surface area contributed by atoms with Crippen LogP contribution in [-0.2, 0) is 4.79 Å². The monoisotopic (exact) mass is 362 g/mol. The minimum Gasteiger partial charge on any atom is -0.273 e. The molecule has 1 aromatic carbocycles. The average Bonchev–Trinajstić information content (AvgIpc) is 2.81. The summed E-state index contributed by atoms with van der Waals surface area (Å²) in [6.07, 6.45) is 1.53. The van der Waals surface area contributed by atoms with Crippen LogP contribution < -0.4 is 5.01 Å². The Labute approximate surface area is 148 Å². The third-order valence-corrected chi connectivity index (χ3v) is 6.74. The molecule has 2 aliphatic heterocycles. The molecule has 1 atom stereocenters. The Kier molecular flexibility index (Phi) is 3.95. The van der Waals surface area contributed by atoms with Crippen molar-refractivity contribution >= 4 is 52.0 Å². The molecule has 1 aromatic heterocycles. The SMILES string of the molecule is Cc1cc2c(s1)SCCC1CC(=O)N(c3ccc(Cl)cc3)N=C21. The number of thiophene rings is 1. The van der Waals surface area contributed by atoms with Gasteiger partial charge in [0.15, 0.2) is 0 Å². The second-order valence-corrected chi connectivity index (χ2v) is 8.82. The van der Waals surface area contributed by atoms with Gasteiger partial charge >= 0.3 is 0 Å². The molecule has 0 aliphatic carbocycles. The first-order chi connectivity index (χ1) is 11.1. The minimum absolute atomic E-state index is 0.0569. The number of benzene rings is 1. The van der Waals surface area contributed by atoms with Crippen molar-refractivity contribution in [2.45, 2.75) is 24.0 Å². The number of hydrazone groups is 1. The summed E-state index contributed by atoms with van der Waals surface area (Å²) >= 11 is 9.66. The lowest BCUT2D eigenvalue weighted by Gasteiger charge is -2.28. The molecule has 6 heteroatoms. The zero-order chi connectivity index (χ0) is 16.0. The van der Waals surface area contributed by atoms with Crippen LogP contribution in [0.3, 0.4) is 0 Å². The van der Waals surface area contributed by atoms with E-state index in [9.17, 15) is 4.79 Å². The second kappa shape index (κ2) is 5.96. The topological polar surface area (TPSA) is 32.7 Å². The predicted molar refractivity (Wildman–Crippen MR) is 98.0 cm³/mol. The van der Waals surface area contributed by atoms with Crippen molar-refractivity contribution in [1.29, 1.82) is 0 Å². The van der Waals surface area contributed by atoms with Gasteiger partial charge in [-0.2, -0.15) is 5.10 Å². The van der Waals surface area contributed by atoms with E-state index in [0.717, 1.165) is 23.6 Å². The maximum atomic E-state index is 12.5. The molecule has 118 valence electrons.